The summed E-state index contributed by atoms with van der Waals surface area (Å²) in [4.78, 5) is 14.1. The molecule has 17 heavy (non-hydrogen) atoms. The minimum atomic E-state index is 0.132. The fourth-order valence-electron chi connectivity index (χ4n) is 2.10. The summed E-state index contributed by atoms with van der Waals surface area (Å²) < 4.78 is 0. The monoisotopic (exact) mass is 237 g/mol. The van der Waals surface area contributed by atoms with Crippen LogP contribution in [0, 0.1) is 0 Å². The van der Waals surface area contributed by atoms with Gasteiger partial charge in [0.2, 0.25) is 5.91 Å². The molecule has 1 saturated carbocycles. The Morgan fingerprint density at radius 2 is 2.41 bits per heavy atom. The maximum Gasteiger partial charge on any atom is 0.228 e. The summed E-state index contributed by atoms with van der Waals surface area (Å²) in [5.74, 6) is 0.132. The number of H-pyrrole nitrogens is 1. The fourth-order valence-corrected chi connectivity index (χ4v) is 2.10. The molecule has 0 radical (unpaired) electrons. The normalized spacial score (nSPS) is 15.6. The van der Waals surface area contributed by atoms with Crippen molar-refractivity contribution < 1.29 is 9.90 Å². The number of aromatic nitrogens is 2. The molecule has 2 rings (SSSR count). The molecular formula is C12H19N3O2. The number of amides is 1. The summed E-state index contributed by atoms with van der Waals surface area (Å²) in [5.41, 5.74) is 0.850. The summed E-state index contributed by atoms with van der Waals surface area (Å²) in [6.07, 6.45) is 6.09. The Morgan fingerprint density at radius 3 is 2.94 bits per heavy atom. The Morgan fingerprint density at radius 1 is 1.59 bits per heavy atom. The Labute approximate surface area is 101 Å². The topological polar surface area (TPSA) is 69.2 Å². The van der Waals surface area contributed by atoms with E-state index in [-0.39, 0.29) is 12.5 Å². The molecule has 0 unspecified atom stereocenters. The van der Waals surface area contributed by atoms with E-state index in [2.05, 4.69) is 10.2 Å². The predicted octanol–water partition coefficient (Wildman–Crippen LogP) is 0.716. The van der Waals surface area contributed by atoms with Crippen molar-refractivity contribution in [3.8, 4) is 0 Å². The van der Waals surface area contributed by atoms with Crippen LogP contribution in [0.2, 0.25) is 0 Å². The first-order chi connectivity index (χ1) is 8.31. The van der Waals surface area contributed by atoms with Gasteiger partial charge in [0.05, 0.1) is 6.42 Å². The molecule has 1 aliphatic rings. The van der Waals surface area contributed by atoms with Crippen LogP contribution in [0.15, 0.2) is 12.3 Å². The van der Waals surface area contributed by atoms with Crippen molar-refractivity contribution in [2.45, 2.75) is 38.1 Å². The number of aliphatic hydroxyl groups is 1. The number of aromatic amines is 1. The van der Waals surface area contributed by atoms with Crippen LogP contribution in [0.25, 0.3) is 0 Å². The van der Waals surface area contributed by atoms with Crippen LogP contribution in [0.4, 0.5) is 0 Å². The maximum absolute atomic E-state index is 12.1. The Balaban J connectivity index is 1.91. The van der Waals surface area contributed by atoms with Gasteiger partial charge in [-0.1, -0.05) is 0 Å². The zero-order valence-electron chi connectivity index (χ0n) is 9.93. The van der Waals surface area contributed by atoms with E-state index in [0.29, 0.717) is 25.4 Å². The van der Waals surface area contributed by atoms with E-state index in [9.17, 15) is 4.79 Å². The summed E-state index contributed by atoms with van der Waals surface area (Å²) in [7, 11) is 0. The average Bonchev–Trinajstić information content (AvgIpc) is 2.73. The van der Waals surface area contributed by atoms with E-state index in [4.69, 9.17) is 5.11 Å². The van der Waals surface area contributed by atoms with Crippen LogP contribution in [0.3, 0.4) is 0 Å². The Bertz CT molecular complexity index is 347. The smallest absolute Gasteiger partial charge is 0.228 e. The molecule has 1 amide bonds. The zero-order valence-corrected chi connectivity index (χ0v) is 9.93. The van der Waals surface area contributed by atoms with Gasteiger partial charge in [0.1, 0.15) is 0 Å². The standard InChI is InChI=1S/C12H19N3O2/c16-8-2-7-15(11-3-1-4-11)12(17)9-10-5-6-13-14-10/h5-6,11,16H,1-4,7-9H2,(H,13,14). The molecule has 0 saturated heterocycles. The van der Waals surface area contributed by atoms with Crippen LogP contribution < -0.4 is 0 Å². The molecule has 94 valence electrons. The van der Waals surface area contributed by atoms with Gasteiger partial charge in [0.15, 0.2) is 0 Å². The van der Waals surface area contributed by atoms with Gasteiger partial charge < -0.3 is 10.0 Å². The third-order valence-corrected chi connectivity index (χ3v) is 3.29. The third kappa shape index (κ3) is 3.06. The van der Waals surface area contributed by atoms with Crippen molar-refractivity contribution in [3.63, 3.8) is 0 Å². The van der Waals surface area contributed by atoms with E-state index >= 15 is 0 Å². The van der Waals surface area contributed by atoms with E-state index in [0.717, 1.165) is 18.5 Å². The van der Waals surface area contributed by atoms with Crippen molar-refractivity contribution in [1.29, 1.82) is 0 Å². The van der Waals surface area contributed by atoms with Crippen LogP contribution >= 0.6 is 0 Å². The molecule has 1 heterocycles. The van der Waals surface area contributed by atoms with Gasteiger partial charge in [-0.25, -0.2) is 0 Å². The van der Waals surface area contributed by atoms with E-state index in [1.54, 1.807) is 6.20 Å². The molecule has 1 aromatic heterocycles. The highest BCUT2D eigenvalue weighted by molar-refractivity contribution is 5.78. The quantitative estimate of drug-likeness (QED) is 0.765. The van der Waals surface area contributed by atoms with Crippen molar-refractivity contribution in [2.24, 2.45) is 0 Å². The van der Waals surface area contributed by atoms with Gasteiger partial charge in [0.25, 0.3) is 0 Å². The SMILES string of the molecule is O=C(Cc1ccn[nH]1)N(CCCO)C1CCC1. The second-order valence-corrected chi connectivity index (χ2v) is 4.51. The van der Waals surface area contributed by atoms with E-state index in [1.807, 2.05) is 11.0 Å². The lowest BCUT2D eigenvalue weighted by molar-refractivity contribution is -0.134. The molecule has 2 N–H and O–H groups in total. The fraction of sp³-hybridized carbons (Fsp3) is 0.667. The number of nitrogens with zero attached hydrogens (tertiary/aromatic N) is 2. The number of carbonyl (C=O) groups is 1. The van der Waals surface area contributed by atoms with Gasteiger partial charge in [-0.2, -0.15) is 5.10 Å². The number of nitrogens with one attached hydrogen (secondary N) is 1. The summed E-state index contributed by atoms with van der Waals surface area (Å²) in [6.45, 7) is 0.800. The number of hydrogen-bond donors (Lipinski definition) is 2. The lowest BCUT2D eigenvalue weighted by Gasteiger charge is -2.37. The molecule has 0 aliphatic heterocycles. The number of hydrogen-bond acceptors (Lipinski definition) is 3. The van der Waals surface area contributed by atoms with Crippen LogP contribution in [0.1, 0.15) is 31.4 Å². The van der Waals surface area contributed by atoms with Crippen molar-refractivity contribution in [2.75, 3.05) is 13.2 Å². The lowest BCUT2D eigenvalue weighted by atomic mass is 9.91. The molecule has 0 atom stereocenters. The summed E-state index contributed by atoms with van der Waals surface area (Å²) in [6, 6.07) is 2.21. The van der Waals surface area contributed by atoms with Crippen LogP contribution in [-0.4, -0.2) is 45.3 Å². The molecular weight excluding hydrogens is 218 g/mol. The van der Waals surface area contributed by atoms with Crippen LogP contribution in [-0.2, 0) is 11.2 Å². The molecule has 5 nitrogen and oxygen atoms in total. The van der Waals surface area contributed by atoms with Gasteiger partial charge >= 0.3 is 0 Å². The molecule has 1 fully saturated rings. The van der Waals surface area contributed by atoms with Crippen molar-refractivity contribution >= 4 is 5.91 Å². The first kappa shape index (κ1) is 12.1. The van der Waals surface area contributed by atoms with E-state index in [1.165, 1.54) is 6.42 Å². The average molecular weight is 237 g/mol. The van der Waals surface area contributed by atoms with Crippen molar-refractivity contribution in [1.82, 2.24) is 15.1 Å². The zero-order chi connectivity index (χ0) is 12.1. The van der Waals surface area contributed by atoms with Gasteiger partial charge in [-0.3, -0.25) is 9.89 Å². The second-order valence-electron chi connectivity index (χ2n) is 4.51. The minimum absolute atomic E-state index is 0.132. The summed E-state index contributed by atoms with van der Waals surface area (Å²) >= 11 is 0. The molecule has 0 aromatic carbocycles. The van der Waals surface area contributed by atoms with Gasteiger partial charge in [-0.05, 0) is 31.7 Å². The first-order valence-corrected chi connectivity index (χ1v) is 6.20. The van der Waals surface area contributed by atoms with Crippen LogP contribution in [0.5, 0.6) is 0 Å². The van der Waals surface area contributed by atoms with E-state index < -0.39 is 0 Å². The lowest BCUT2D eigenvalue weighted by Crippen LogP contribution is -2.45. The maximum atomic E-state index is 12.1. The Hall–Kier alpha value is -1.36. The Kier molecular flexibility index (Phi) is 4.14. The first-order valence-electron chi connectivity index (χ1n) is 6.20. The second kappa shape index (κ2) is 5.82. The minimum Gasteiger partial charge on any atom is -0.396 e. The van der Waals surface area contributed by atoms with Gasteiger partial charge in [-0.15, -0.1) is 0 Å². The highest BCUT2D eigenvalue weighted by Crippen LogP contribution is 2.25. The molecule has 5 heteroatoms. The highest BCUT2D eigenvalue weighted by Gasteiger charge is 2.28. The van der Waals surface area contributed by atoms with Gasteiger partial charge in [0, 0.05) is 31.1 Å². The summed E-state index contributed by atoms with van der Waals surface area (Å²) in [5, 5.41) is 15.5. The molecule has 1 aliphatic carbocycles. The highest BCUT2D eigenvalue weighted by atomic mass is 16.3. The number of aliphatic hydroxyl groups excluding tert-OH is 1. The molecule has 1 aromatic rings. The third-order valence-electron chi connectivity index (χ3n) is 3.29. The molecule has 0 spiro atoms. The number of carbonyl (C=O) groups excluding carboxylic acids is 1. The predicted molar refractivity (Wildman–Crippen MR) is 63.3 cm³/mol. The largest absolute Gasteiger partial charge is 0.396 e. The molecule has 0 bridgehead atoms. The number of rotatable bonds is 6. The van der Waals surface area contributed by atoms with Crippen molar-refractivity contribution in [3.05, 3.63) is 18.0 Å².